The third-order valence-corrected chi connectivity index (χ3v) is 2.64. The molecule has 2 heteroatoms. The normalized spacial score (nSPS) is 30.2. The number of rotatable bonds is 2. The number of hydrogen-bond acceptors (Lipinski definition) is 2. The van der Waals surface area contributed by atoms with E-state index in [0.717, 1.165) is 12.7 Å². The first-order valence-electron chi connectivity index (χ1n) is 4.50. The fourth-order valence-corrected chi connectivity index (χ4v) is 1.62. The summed E-state index contributed by atoms with van der Waals surface area (Å²) < 4.78 is 0. The van der Waals surface area contributed by atoms with Gasteiger partial charge in [0.1, 0.15) is 0 Å². The molecular weight excluding hydrogens is 136 g/mol. The molecule has 0 amide bonds. The third kappa shape index (κ3) is 1.01. The molecule has 11 heavy (non-hydrogen) atoms. The average molecular weight is 149 g/mol. The molecule has 0 atom stereocenters. The van der Waals surface area contributed by atoms with Crippen molar-refractivity contribution in [2.45, 2.75) is 31.7 Å². The van der Waals surface area contributed by atoms with Crippen molar-refractivity contribution in [2.24, 2.45) is 0 Å². The second-order valence-corrected chi connectivity index (χ2v) is 3.73. The van der Waals surface area contributed by atoms with Crippen LogP contribution in [0.4, 0.5) is 0 Å². The zero-order valence-electron chi connectivity index (χ0n) is 6.64. The van der Waals surface area contributed by atoms with Crippen molar-refractivity contribution < 1.29 is 0 Å². The maximum Gasteiger partial charge on any atom is 0.0872 e. The van der Waals surface area contributed by atoms with Gasteiger partial charge in [0, 0.05) is 23.9 Å². The molecule has 2 saturated carbocycles. The highest BCUT2D eigenvalue weighted by molar-refractivity contribution is 5.33. The summed E-state index contributed by atoms with van der Waals surface area (Å²) in [5.74, 6) is 1.63. The topological polar surface area (TPSA) is 15.3 Å². The van der Waals surface area contributed by atoms with Crippen LogP contribution in [0.15, 0.2) is 11.9 Å². The second kappa shape index (κ2) is 1.93. The lowest BCUT2D eigenvalue weighted by molar-refractivity contribution is 0.381. The van der Waals surface area contributed by atoms with Crippen LogP contribution in [0.5, 0.6) is 0 Å². The molecule has 1 radical (unpaired) electrons. The lowest BCUT2D eigenvalue weighted by Crippen LogP contribution is -2.23. The van der Waals surface area contributed by atoms with Crippen molar-refractivity contribution in [3.63, 3.8) is 0 Å². The van der Waals surface area contributed by atoms with Gasteiger partial charge >= 0.3 is 0 Å². The highest BCUT2D eigenvalue weighted by Gasteiger charge is 2.34. The first-order valence-corrected chi connectivity index (χ1v) is 4.50. The molecule has 2 aliphatic carbocycles. The van der Waals surface area contributed by atoms with E-state index >= 15 is 0 Å². The minimum Gasteiger partial charge on any atom is -0.369 e. The molecule has 0 saturated heterocycles. The minimum absolute atomic E-state index is 0.874. The molecule has 0 aromatic carbocycles. The maximum atomic E-state index is 3.44. The van der Waals surface area contributed by atoms with Gasteiger partial charge in [0.2, 0.25) is 0 Å². The number of allylic oxidation sites excluding steroid dienone is 1. The van der Waals surface area contributed by atoms with Gasteiger partial charge in [0.15, 0.2) is 0 Å². The molecule has 1 heterocycles. The highest BCUT2D eigenvalue weighted by atomic mass is 15.3. The van der Waals surface area contributed by atoms with E-state index in [9.17, 15) is 0 Å². The van der Waals surface area contributed by atoms with Gasteiger partial charge in [-0.05, 0) is 25.7 Å². The predicted octanol–water partition coefficient (Wildman–Crippen LogP) is 1.22. The van der Waals surface area contributed by atoms with E-state index in [2.05, 4.69) is 16.4 Å². The molecule has 0 aromatic heterocycles. The Kier molecular flexibility index (Phi) is 1.04. The van der Waals surface area contributed by atoms with E-state index in [-0.39, 0.29) is 0 Å². The number of nitrogens with one attached hydrogen (secondary N) is 1. The molecule has 0 bridgehead atoms. The molecule has 2 nitrogen and oxygen atoms in total. The van der Waals surface area contributed by atoms with Gasteiger partial charge in [-0.25, -0.2) is 0 Å². The fourth-order valence-electron chi connectivity index (χ4n) is 1.62. The molecule has 1 aliphatic heterocycles. The summed E-state index contributed by atoms with van der Waals surface area (Å²) in [6, 6.07) is 0.874. The van der Waals surface area contributed by atoms with Crippen molar-refractivity contribution in [3.05, 3.63) is 17.8 Å². The number of nitrogens with zero attached hydrogens (tertiary/aromatic N) is 1. The first kappa shape index (κ1) is 5.92. The van der Waals surface area contributed by atoms with E-state index in [1.165, 1.54) is 31.4 Å². The van der Waals surface area contributed by atoms with Crippen LogP contribution in [0.3, 0.4) is 0 Å². The van der Waals surface area contributed by atoms with Crippen LogP contribution in [-0.4, -0.2) is 17.6 Å². The minimum atomic E-state index is 0.874. The molecule has 0 spiro atoms. The Morgan fingerprint density at radius 1 is 1.36 bits per heavy atom. The van der Waals surface area contributed by atoms with E-state index in [4.69, 9.17) is 0 Å². The summed E-state index contributed by atoms with van der Waals surface area (Å²) in [5.41, 5.74) is 1.43. The van der Waals surface area contributed by atoms with Crippen molar-refractivity contribution >= 4 is 0 Å². The van der Waals surface area contributed by atoms with Crippen LogP contribution in [0.25, 0.3) is 0 Å². The standard InChI is InChI=1S/C9H13N2/c1-2-7(1)9-5-11(6-10-9)8-3-4-8/h5,8,10H,1-4,6H2. The molecule has 1 N–H and O–H groups in total. The van der Waals surface area contributed by atoms with Crippen LogP contribution >= 0.6 is 0 Å². The summed E-state index contributed by atoms with van der Waals surface area (Å²) in [6.45, 7) is 1.06. The summed E-state index contributed by atoms with van der Waals surface area (Å²) >= 11 is 0. The van der Waals surface area contributed by atoms with Crippen molar-refractivity contribution in [3.8, 4) is 0 Å². The molecule has 0 aromatic rings. The van der Waals surface area contributed by atoms with E-state index in [1.54, 1.807) is 5.92 Å². The Bertz CT molecular complexity index is 202. The molecule has 3 rings (SSSR count). The molecule has 59 valence electrons. The summed E-state index contributed by atoms with van der Waals surface area (Å²) in [5, 5.41) is 3.44. The number of hydrogen-bond donors (Lipinski definition) is 1. The van der Waals surface area contributed by atoms with Crippen molar-refractivity contribution in [1.82, 2.24) is 10.2 Å². The Morgan fingerprint density at radius 2 is 2.18 bits per heavy atom. The Labute approximate surface area is 67.3 Å². The molecular formula is C9H13N2. The predicted molar refractivity (Wildman–Crippen MR) is 43.4 cm³/mol. The highest BCUT2D eigenvalue weighted by Crippen LogP contribution is 2.40. The van der Waals surface area contributed by atoms with E-state index in [0.29, 0.717) is 0 Å². The first-order chi connectivity index (χ1) is 5.43. The van der Waals surface area contributed by atoms with Gasteiger partial charge in [-0.15, -0.1) is 0 Å². The lowest BCUT2D eigenvalue weighted by Gasteiger charge is -2.11. The van der Waals surface area contributed by atoms with Crippen LogP contribution in [0, 0.1) is 5.92 Å². The maximum absolute atomic E-state index is 3.44. The SMILES string of the molecule is C1=C([C]2CC2)NCN1C1CC1. The van der Waals surface area contributed by atoms with E-state index < -0.39 is 0 Å². The van der Waals surface area contributed by atoms with Crippen LogP contribution in [0.2, 0.25) is 0 Å². The van der Waals surface area contributed by atoms with E-state index in [1.807, 2.05) is 0 Å². The van der Waals surface area contributed by atoms with Gasteiger partial charge in [-0.1, -0.05) is 0 Å². The lowest BCUT2D eigenvalue weighted by atomic mass is 10.3. The Hall–Kier alpha value is -0.660. The van der Waals surface area contributed by atoms with Crippen molar-refractivity contribution in [2.75, 3.05) is 6.67 Å². The van der Waals surface area contributed by atoms with Crippen LogP contribution < -0.4 is 5.32 Å². The van der Waals surface area contributed by atoms with Crippen LogP contribution in [0.1, 0.15) is 25.7 Å². The van der Waals surface area contributed by atoms with Gasteiger partial charge in [0.05, 0.1) is 6.67 Å². The monoisotopic (exact) mass is 149 g/mol. The Morgan fingerprint density at radius 3 is 2.82 bits per heavy atom. The Balaban J connectivity index is 1.71. The second-order valence-electron chi connectivity index (χ2n) is 3.73. The van der Waals surface area contributed by atoms with Crippen LogP contribution in [-0.2, 0) is 0 Å². The zero-order valence-corrected chi connectivity index (χ0v) is 6.64. The molecule has 0 unspecified atom stereocenters. The smallest absolute Gasteiger partial charge is 0.0872 e. The quantitative estimate of drug-likeness (QED) is 0.635. The fraction of sp³-hybridized carbons (Fsp3) is 0.667. The third-order valence-electron chi connectivity index (χ3n) is 2.64. The zero-order chi connectivity index (χ0) is 7.26. The summed E-state index contributed by atoms with van der Waals surface area (Å²) in [4.78, 5) is 2.45. The van der Waals surface area contributed by atoms with Gasteiger partial charge in [-0.3, -0.25) is 0 Å². The van der Waals surface area contributed by atoms with Gasteiger partial charge < -0.3 is 10.2 Å². The van der Waals surface area contributed by atoms with Gasteiger partial charge in [0.25, 0.3) is 0 Å². The van der Waals surface area contributed by atoms with Crippen molar-refractivity contribution in [1.29, 1.82) is 0 Å². The molecule has 3 aliphatic rings. The largest absolute Gasteiger partial charge is 0.369 e. The molecule has 2 fully saturated rings. The van der Waals surface area contributed by atoms with Gasteiger partial charge in [-0.2, -0.15) is 0 Å². The average Bonchev–Trinajstić information content (AvgIpc) is 2.90. The summed E-state index contributed by atoms with van der Waals surface area (Å²) in [7, 11) is 0. The summed E-state index contributed by atoms with van der Waals surface area (Å²) in [6.07, 6.45) is 7.79.